The van der Waals surface area contributed by atoms with E-state index in [-0.39, 0.29) is 11.6 Å². The first kappa shape index (κ1) is 21.3. The Bertz CT molecular complexity index is 1050. The van der Waals surface area contributed by atoms with Gasteiger partial charge in [-0.15, -0.1) is 0 Å². The summed E-state index contributed by atoms with van der Waals surface area (Å²) in [4.78, 5) is 20.7. The van der Waals surface area contributed by atoms with E-state index in [0.29, 0.717) is 48.9 Å². The fourth-order valence-corrected chi connectivity index (χ4v) is 4.29. The second-order valence-corrected chi connectivity index (χ2v) is 11.1. The molecule has 1 aromatic carbocycles. The van der Waals surface area contributed by atoms with Crippen molar-refractivity contribution in [2.75, 3.05) is 31.2 Å². The minimum Gasteiger partial charge on any atom is -0.591 e. The van der Waals surface area contributed by atoms with E-state index in [1.54, 1.807) is 0 Å². The van der Waals surface area contributed by atoms with Gasteiger partial charge in [-0.05, 0) is 65.2 Å². The maximum Gasteiger partial charge on any atom is 0.263 e. The average Bonchev–Trinajstić information content (AvgIpc) is 3.52. The van der Waals surface area contributed by atoms with Crippen LogP contribution in [-0.2, 0) is 16.1 Å². The minimum atomic E-state index is -1.38. The van der Waals surface area contributed by atoms with Crippen LogP contribution in [0.2, 0.25) is 0 Å². The molecule has 2 heterocycles. The molecule has 7 nitrogen and oxygen atoms in total. The minimum absolute atomic E-state index is 0.00122. The Labute approximate surface area is 180 Å². The lowest BCUT2D eigenvalue weighted by Crippen LogP contribution is -2.40. The summed E-state index contributed by atoms with van der Waals surface area (Å²) in [5, 5.41) is 0.602. The van der Waals surface area contributed by atoms with Gasteiger partial charge in [0.25, 0.3) is 5.56 Å². The molecule has 1 atom stereocenters. The molecule has 1 aliphatic carbocycles. The normalized spacial score (nSPS) is 19.4. The summed E-state index contributed by atoms with van der Waals surface area (Å²) >= 11 is -1.38. The SMILES string of the molecule is C/C(=N/[S@+]([O-])C(C)(C)C)c1cc(C)cc2c(=O)n(C3CC3)c(N3CCOCC3)nc12. The topological polar surface area (TPSA) is 82.8 Å². The Morgan fingerprint density at radius 2 is 1.93 bits per heavy atom. The number of nitrogens with zero attached hydrogens (tertiary/aromatic N) is 4. The van der Waals surface area contributed by atoms with Gasteiger partial charge in [0.05, 0.1) is 29.8 Å². The van der Waals surface area contributed by atoms with Gasteiger partial charge in [-0.3, -0.25) is 9.36 Å². The van der Waals surface area contributed by atoms with E-state index in [1.165, 1.54) is 0 Å². The first-order chi connectivity index (χ1) is 14.2. The van der Waals surface area contributed by atoms with Crippen LogP contribution in [0.25, 0.3) is 10.9 Å². The Morgan fingerprint density at radius 1 is 1.27 bits per heavy atom. The molecule has 2 fully saturated rings. The number of morpholine rings is 1. The largest absolute Gasteiger partial charge is 0.591 e. The predicted molar refractivity (Wildman–Crippen MR) is 122 cm³/mol. The second-order valence-electron chi connectivity index (χ2n) is 9.16. The van der Waals surface area contributed by atoms with Gasteiger partial charge in [0, 0.05) is 24.7 Å². The highest BCUT2D eigenvalue weighted by atomic mass is 32.2. The van der Waals surface area contributed by atoms with E-state index < -0.39 is 16.1 Å². The lowest BCUT2D eigenvalue weighted by Gasteiger charge is -2.30. The molecule has 0 radical (unpaired) electrons. The lowest BCUT2D eigenvalue weighted by atomic mass is 10.0. The third kappa shape index (κ3) is 4.13. The van der Waals surface area contributed by atoms with Gasteiger partial charge < -0.3 is 14.2 Å². The van der Waals surface area contributed by atoms with E-state index in [2.05, 4.69) is 9.30 Å². The van der Waals surface area contributed by atoms with Crippen LogP contribution < -0.4 is 10.5 Å². The molecule has 2 aromatic rings. The number of fused-ring (bicyclic) bond motifs is 1. The lowest BCUT2D eigenvalue weighted by molar-refractivity contribution is 0.121. The van der Waals surface area contributed by atoms with Crippen LogP contribution in [0, 0.1) is 6.92 Å². The van der Waals surface area contributed by atoms with Crippen molar-refractivity contribution >= 4 is 33.9 Å². The highest BCUT2D eigenvalue weighted by molar-refractivity contribution is 7.91. The molecule has 0 spiro atoms. The van der Waals surface area contributed by atoms with Gasteiger partial charge >= 0.3 is 0 Å². The van der Waals surface area contributed by atoms with Crippen LogP contribution in [0.15, 0.2) is 21.3 Å². The zero-order valence-electron chi connectivity index (χ0n) is 18.4. The first-order valence-electron chi connectivity index (χ1n) is 10.5. The summed E-state index contributed by atoms with van der Waals surface area (Å²) < 4.78 is 24.0. The Morgan fingerprint density at radius 3 is 2.53 bits per heavy atom. The number of hydrogen-bond donors (Lipinski definition) is 0. The van der Waals surface area contributed by atoms with Crippen molar-refractivity contribution in [2.45, 2.75) is 58.2 Å². The smallest absolute Gasteiger partial charge is 0.263 e. The summed E-state index contributed by atoms with van der Waals surface area (Å²) in [6, 6.07) is 4.11. The second kappa shape index (κ2) is 7.98. The fourth-order valence-electron chi connectivity index (χ4n) is 3.67. The number of aromatic nitrogens is 2. The van der Waals surface area contributed by atoms with E-state index in [0.717, 1.165) is 24.0 Å². The number of hydrogen-bond acceptors (Lipinski definition) is 6. The maximum absolute atomic E-state index is 13.5. The molecule has 0 unspecified atom stereocenters. The highest BCUT2D eigenvalue weighted by Crippen LogP contribution is 2.37. The van der Waals surface area contributed by atoms with Gasteiger partial charge in [-0.2, -0.15) is 0 Å². The number of aryl methyl sites for hydroxylation is 1. The van der Waals surface area contributed by atoms with Crippen LogP contribution in [-0.4, -0.2) is 50.9 Å². The molecule has 1 saturated heterocycles. The van der Waals surface area contributed by atoms with Crippen LogP contribution >= 0.6 is 0 Å². The molecule has 1 saturated carbocycles. The molecular weight excluding hydrogens is 400 g/mol. The van der Waals surface area contributed by atoms with Crippen molar-refractivity contribution in [1.29, 1.82) is 0 Å². The number of rotatable bonds is 4. The molecule has 1 aromatic heterocycles. The molecular formula is C22H30N4O3S. The van der Waals surface area contributed by atoms with Crippen molar-refractivity contribution in [3.05, 3.63) is 33.6 Å². The third-order valence-electron chi connectivity index (χ3n) is 5.47. The van der Waals surface area contributed by atoms with Gasteiger partial charge in [0.1, 0.15) is 16.1 Å². The Balaban J connectivity index is 1.93. The van der Waals surface area contributed by atoms with Gasteiger partial charge in [0.2, 0.25) is 5.95 Å². The van der Waals surface area contributed by atoms with Crippen LogP contribution in [0.3, 0.4) is 0 Å². The first-order valence-corrected chi connectivity index (χ1v) is 11.6. The molecule has 1 aliphatic heterocycles. The average molecular weight is 431 g/mol. The van der Waals surface area contributed by atoms with Crippen LogP contribution in [0.5, 0.6) is 0 Å². The zero-order chi connectivity index (χ0) is 21.6. The fraction of sp³-hybridized carbons (Fsp3) is 0.591. The molecule has 2 aliphatic rings. The standard InChI is InChI=1S/C22H30N4O3S/c1-14-12-17(15(2)24-30(28)22(3,4)5)19-18(13-14)20(27)26(16-6-7-16)21(23-19)25-8-10-29-11-9-25/h12-13,16H,6-11H2,1-5H3/b24-15-/t30-/m1/s1. The molecule has 8 heteroatoms. The van der Waals surface area contributed by atoms with Crippen molar-refractivity contribution in [3.8, 4) is 0 Å². The molecule has 0 bridgehead atoms. The quantitative estimate of drug-likeness (QED) is 0.550. The Hall–Kier alpha value is -1.90. The zero-order valence-corrected chi connectivity index (χ0v) is 19.2. The molecule has 0 N–H and O–H groups in total. The van der Waals surface area contributed by atoms with Crippen molar-refractivity contribution < 1.29 is 9.29 Å². The maximum atomic E-state index is 13.5. The van der Waals surface area contributed by atoms with Gasteiger partial charge in [0.15, 0.2) is 0 Å². The summed E-state index contributed by atoms with van der Waals surface area (Å²) in [6.07, 6.45) is 2.02. The van der Waals surface area contributed by atoms with E-state index >= 15 is 0 Å². The van der Waals surface area contributed by atoms with Crippen molar-refractivity contribution in [3.63, 3.8) is 0 Å². The predicted octanol–water partition coefficient (Wildman–Crippen LogP) is 3.15. The van der Waals surface area contributed by atoms with Gasteiger partial charge in [-0.1, -0.05) is 4.40 Å². The van der Waals surface area contributed by atoms with E-state index in [9.17, 15) is 9.35 Å². The summed E-state index contributed by atoms with van der Waals surface area (Å²) in [5.41, 5.74) is 3.02. The van der Waals surface area contributed by atoms with Crippen molar-refractivity contribution in [2.24, 2.45) is 4.40 Å². The Kier molecular flexibility index (Phi) is 5.67. The number of ether oxygens (including phenoxy) is 1. The molecule has 162 valence electrons. The number of benzene rings is 1. The van der Waals surface area contributed by atoms with E-state index in [1.807, 2.05) is 51.3 Å². The van der Waals surface area contributed by atoms with Crippen LogP contribution in [0.1, 0.15) is 57.7 Å². The molecule has 30 heavy (non-hydrogen) atoms. The van der Waals surface area contributed by atoms with Gasteiger partial charge in [-0.25, -0.2) is 4.98 Å². The number of anilines is 1. The molecule has 4 rings (SSSR count). The van der Waals surface area contributed by atoms with Crippen molar-refractivity contribution in [1.82, 2.24) is 9.55 Å². The summed E-state index contributed by atoms with van der Waals surface area (Å²) in [5.74, 6) is 0.716. The summed E-state index contributed by atoms with van der Waals surface area (Å²) in [7, 11) is 0. The summed E-state index contributed by atoms with van der Waals surface area (Å²) in [6.45, 7) is 12.2. The molecule has 0 amide bonds. The third-order valence-corrected chi connectivity index (χ3v) is 6.96. The monoisotopic (exact) mass is 430 g/mol. The van der Waals surface area contributed by atoms with E-state index in [4.69, 9.17) is 9.72 Å². The highest BCUT2D eigenvalue weighted by Gasteiger charge is 2.32. The van der Waals surface area contributed by atoms with Crippen LogP contribution in [0.4, 0.5) is 5.95 Å².